The van der Waals surface area contributed by atoms with E-state index in [1.165, 1.54) is 4.90 Å². The SMILES string of the molecule is CC(C)[C@H]1COC(=O)N1CC(=O)O. The molecule has 0 saturated carbocycles. The Morgan fingerprint density at radius 1 is 1.77 bits per heavy atom. The summed E-state index contributed by atoms with van der Waals surface area (Å²) in [5.74, 6) is -0.796. The quantitative estimate of drug-likeness (QED) is 0.700. The highest BCUT2D eigenvalue weighted by Gasteiger charge is 2.35. The van der Waals surface area contributed by atoms with E-state index in [1.807, 2.05) is 13.8 Å². The first-order chi connectivity index (χ1) is 6.02. The van der Waals surface area contributed by atoms with E-state index >= 15 is 0 Å². The first-order valence-corrected chi connectivity index (χ1v) is 4.17. The Kier molecular flexibility index (Phi) is 2.75. The Bertz CT molecular complexity index is 226. The van der Waals surface area contributed by atoms with E-state index < -0.39 is 12.1 Å². The molecular formula is C8H13NO4. The van der Waals surface area contributed by atoms with Crippen molar-refractivity contribution < 1.29 is 19.4 Å². The van der Waals surface area contributed by atoms with Gasteiger partial charge in [0, 0.05) is 0 Å². The van der Waals surface area contributed by atoms with Gasteiger partial charge in [-0.15, -0.1) is 0 Å². The van der Waals surface area contributed by atoms with Crippen LogP contribution in [0.3, 0.4) is 0 Å². The van der Waals surface area contributed by atoms with Crippen LogP contribution < -0.4 is 0 Å². The molecule has 1 fully saturated rings. The molecule has 1 atom stereocenters. The molecule has 74 valence electrons. The Morgan fingerprint density at radius 2 is 2.38 bits per heavy atom. The fourth-order valence-corrected chi connectivity index (χ4v) is 1.34. The van der Waals surface area contributed by atoms with E-state index in [0.29, 0.717) is 6.61 Å². The molecule has 13 heavy (non-hydrogen) atoms. The fourth-order valence-electron chi connectivity index (χ4n) is 1.34. The Balaban J connectivity index is 2.65. The van der Waals surface area contributed by atoms with Crippen molar-refractivity contribution in [2.75, 3.05) is 13.2 Å². The van der Waals surface area contributed by atoms with Gasteiger partial charge in [0.2, 0.25) is 0 Å². The number of amides is 1. The van der Waals surface area contributed by atoms with Gasteiger partial charge in [-0.3, -0.25) is 9.69 Å². The van der Waals surface area contributed by atoms with Gasteiger partial charge in [0.1, 0.15) is 13.2 Å². The number of hydrogen-bond acceptors (Lipinski definition) is 3. The molecule has 0 unspecified atom stereocenters. The van der Waals surface area contributed by atoms with Crippen LogP contribution in [0.2, 0.25) is 0 Å². The number of nitrogens with zero attached hydrogens (tertiary/aromatic N) is 1. The highest BCUT2D eigenvalue weighted by molar-refractivity contribution is 5.78. The zero-order chi connectivity index (χ0) is 10.0. The van der Waals surface area contributed by atoms with Crippen LogP contribution in [0.1, 0.15) is 13.8 Å². The summed E-state index contributed by atoms with van der Waals surface area (Å²) in [4.78, 5) is 22.7. The number of ether oxygens (including phenoxy) is 1. The molecule has 1 heterocycles. The molecule has 0 aromatic carbocycles. The maximum Gasteiger partial charge on any atom is 0.410 e. The molecule has 1 aliphatic rings. The molecule has 1 aliphatic heterocycles. The summed E-state index contributed by atoms with van der Waals surface area (Å²) in [7, 11) is 0. The minimum absolute atomic E-state index is 0.108. The van der Waals surface area contributed by atoms with Crippen molar-refractivity contribution in [2.24, 2.45) is 5.92 Å². The molecule has 1 amide bonds. The maximum atomic E-state index is 11.1. The second-order valence-corrected chi connectivity index (χ2v) is 3.41. The summed E-state index contributed by atoms with van der Waals surface area (Å²) in [6, 6.07) is -0.108. The molecule has 0 radical (unpaired) electrons. The predicted octanol–water partition coefficient (Wildman–Crippen LogP) is 0.548. The smallest absolute Gasteiger partial charge is 0.410 e. The largest absolute Gasteiger partial charge is 0.480 e. The van der Waals surface area contributed by atoms with Gasteiger partial charge in [-0.1, -0.05) is 13.8 Å². The lowest BCUT2D eigenvalue weighted by Crippen LogP contribution is -2.40. The summed E-state index contributed by atoms with van der Waals surface area (Å²) in [5.41, 5.74) is 0. The normalized spacial score (nSPS) is 22.2. The number of carboxylic acid groups (broad SMARTS) is 1. The molecule has 1 rings (SSSR count). The van der Waals surface area contributed by atoms with Gasteiger partial charge >= 0.3 is 12.1 Å². The van der Waals surface area contributed by atoms with Crippen molar-refractivity contribution in [3.05, 3.63) is 0 Å². The highest BCUT2D eigenvalue weighted by Crippen LogP contribution is 2.18. The van der Waals surface area contributed by atoms with Crippen molar-refractivity contribution in [3.8, 4) is 0 Å². The van der Waals surface area contributed by atoms with Gasteiger partial charge in [-0.25, -0.2) is 4.79 Å². The number of carbonyl (C=O) groups excluding carboxylic acids is 1. The summed E-state index contributed by atoms with van der Waals surface area (Å²) in [6.45, 7) is 3.88. The molecule has 1 N–H and O–H groups in total. The number of carboxylic acids is 1. The van der Waals surface area contributed by atoms with Crippen molar-refractivity contribution in [1.29, 1.82) is 0 Å². The first-order valence-electron chi connectivity index (χ1n) is 4.17. The molecule has 0 aromatic rings. The molecule has 0 bridgehead atoms. The van der Waals surface area contributed by atoms with E-state index in [2.05, 4.69) is 0 Å². The Labute approximate surface area is 76.3 Å². The second-order valence-electron chi connectivity index (χ2n) is 3.41. The van der Waals surface area contributed by atoms with Gasteiger partial charge in [0.15, 0.2) is 0 Å². The Morgan fingerprint density at radius 3 is 2.85 bits per heavy atom. The first kappa shape index (κ1) is 9.83. The van der Waals surface area contributed by atoms with Crippen LogP contribution in [0.5, 0.6) is 0 Å². The lowest BCUT2D eigenvalue weighted by atomic mass is 10.1. The van der Waals surface area contributed by atoms with Gasteiger partial charge in [-0.2, -0.15) is 0 Å². The third kappa shape index (κ3) is 2.11. The minimum Gasteiger partial charge on any atom is -0.480 e. The summed E-state index contributed by atoms with van der Waals surface area (Å²) < 4.78 is 4.76. The van der Waals surface area contributed by atoms with Crippen LogP contribution in [0.15, 0.2) is 0 Å². The summed E-state index contributed by atoms with van der Waals surface area (Å²) >= 11 is 0. The lowest BCUT2D eigenvalue weighted by Gasteiger charge is -2.22. The van der Waals surface area contributed by atoms with Crippen molar-refractivity contribution in [1.82, 2.24) is 4.90 Å². The molecule has 0 spiro atoms. The van der Waals surface area contributed by atoms with Crippen molar-refractivity contribution in [2.45, 2.75) is 19.9 Å². The van der Waals surface area contributed by atoms with Crippen LogP contribution in [0.4, 0.5) is 4.79 Å². The third-order valence-electron chi connectivity index (χ3n) is 2.09. The van der Waals surface area contributed by atoms with Crippen LogP contribution in [0.25, 0.3) is 0 Å². The van der Waals surface area contributed by atoms with Gasteiger partial charge in [-0.05, 0) is 5.92 Å². The van der Waals surface area contributed by atoms with Crippen LogP contribution in [0, 0.1) is 5.92 Å². The average Bonchev–Trinajstić information content (AvgIpc) is 2.32. The van der Waals surface area contributed by atoms with E-state index in [0.717, 1.165) is 0 Å². The third-order valence-corrected chi connectivity index (χ3v) is 2.09. The van der Waals surface area contributed by atoms with Crippen LogP contribution >= 0.6 is 0 Å². The van der Waals surface area contributed by atoms with E-state index in [-0.39, 0.29) is 18.5 Å². The molecule has 0 aliphatic carbocycles. The molecule has 5 nitrogen and oxygen atoms in total. The van der Waals surface area contributed by atoms with E-state index in [1.54, 1.807) is 0 Å². The molecule has 0 aromatic heterocycles. The zero-order valence-electron chi connectivity index (χ0n) is 7.69. The number of hydrogen-bond donors (Lipinski definition) is 1. The topological polar surface area (TPSA) is 66.8 Å². The van der Waals surface area contributed by atoms with E-state index in [4.69, 9.17) is 9.84 Å². The molecule has 5 heteroatoms. The number of rotatable bonds is 3. The van der Waals surface area contributed by atoms with Crippen molar-refractivity contribution in [3.63, 3.8) is 0 Å². The minimum atomic E-state index is -1.01. The maximum absolute atomic E-state index is 11.1. The molecule has 1 saturated heterocycles. The van der Waals surface area contributed by atoms with Gasteiger partial charge in [0.25, 0.3) is 0 Å². The average molecular weight is 187 g/mol. The summed E-state index contributed by atoms with van der Waals surface area (Å²) in [5, 5.41) is 8.54. The van der Waals surface area contributed by atoms with E-state index in [9.17, 15) is 9.59 Å². The predicted molar refractivity (Wildman–Crippen MR) is 44.3 cm³/mol. The molecular weight excluding hydrogens is 174 g/mol. The van der Waals surface area contributed by atoms with Crippen LogP contribution in [-0.4, -0.2) is 41.3 Å². The van der Waals surface area contributed by atoms with Gasteiger partial charge < -0.3 is 9.84 Å². The lowest BCUT2D eigenvalue weighted by molar-refractivity contribution is -0.138. The standard InChI is InChI=1S/C8H13NO4/c1-5(2)6-4-13-8(12)9(6)3-7(10)11/h5-6H,3-4H2,1-2H3,(H,10,11)/t6-/m1/s1. The number of cyclic esters (lactones) is 1. The number of carbonyl (C=O) groups is 2. The second kappa shape index (κ2) is 3.64. The number of aliphatic carboxylic acids is 1. The van der Waals surface area contributed by atoms with Crippen LogP contribution in [-0.2, 0) is 9.53 Å². The van der Waals surface area contributed by atoms with Gasteiger partial charge in [0.05, 0.1) is 6.04 Å². The Hall–Kier alpha value is -1.26. The fraction of sp³-hybridized carbons (Fsp3) is 0.750. The summed E-state index contributed by atoms with van der Waals surface area (Å²) in [6.07, 6.45) is -0.527. The van der Waals surface area contributed by atoms with Crippen molar-refractivity contribution >= 4 is 12.1 Å². The monoisotopic (exact) mass is 187 g/mol. The highest BCUT2D eigenvalue weighted by atomic mass is 16.6. The zero-order valence-corrected chi connectivity index (χ0v) is 7.69.